The molecule has 4 rings (SSSR count). The molecular weight excluding hydrogens is 406 g/mol. The Kier molecular flexibility index (Phi) is 5.82. The van der Waals surface area contributed by atoms with Gasteiger partial charge >= 0.3 is 0 Å². The van der Waals surface area contributed by atoms with E-state index in [1.165, 1.54) is 4.90 Å². The van der Waals surface area contributed by atoms with E-state index < -0.39 is 0 Å². The summed E-state index contributed by atoms with van der Waals surface area (Å²) in [6, 6.07) is 19.2. The van der Waals surface area contributed by atoms with Crippen molar-refractivity contribution < 1.29 is 9.59 Å². The summed E-state index contributed by atoms with van der Waals surface area (Å²) in [6.07, 6.45) is 0. The molecule has 0 atom stereocenters. The van der Waals surface area contributed by atoms with Crippen molar-refractivity contribution in [1.29, 1.82) is 0 Å². The molecule has 2 aromatic carbocycles. The minimum absolute atomic E-state index is 0.0441. The molecule has 0 radical (unpaired) electrons. The zero-order valence-corrected chi connectivity index (χ0v) is 18.5. The van der Waals surface area contributed by atoms with E-state index in [2.05, 4.69) is 5.32 Å². The van der Waals surface area contributed by atoms with Gasteiger partial charge in [0.2, 0.25) is 5.91 Å². The highest BCUT2D eigenvalue weighted by Crippen LogP contribution is 2.28. The standard InChI is InChI=1S/C25H23N3O2S/c1-16-8-6-9-17(2)24(16)27-23(29)15-28(3)25(30)19-14-21(22-12-7-13-31-22)26-20-11-5-4-10-18(19)20/h4-14H,15H2,1-3H3,(H,27,29). The van der Waals surface area contributed by atoms with Gasteiger partial charge in [0.15, 0.2) is 0 Å². The zero-order chi connectivity index (χ0) is 22.0. The summed E-state index contributed by atoms with van der Waals surface area (Å²) in [5.74, 6) is -0.446. The molecular formula is C25H23N3O2S. The second-order valence-corrected chi connectivity index (χ2v) is 8.47. The molecule has 2 heterocycles. The van der Waals surface area contributed by atoms with Gasteiger partial charge in [-0.2, -0.15) is 0 Å². The first kappa shape index (κ1) is 20.8. The normalized spacial score (nSPS) is 10.8. The summed E-state index contributed by atoms with van der Waals surface area (Å²) >= 11 is 1.58. The first-order chi connectivity index (χ1) is 14.9. The van der Waals surface area contributed by atoms with E-state index in [-0.39, 0.29) is 18.4 Å². The van der Waals surface area contributed by atoms with Crippen LogP contribution in [0.5, 0.6) is 0 Å². The summed E-state index contributed by atoms with van der Waals surface area (Å²) in [5.41, 5.74) is 4.82. The first-order valence-electron chi connectivity index (χ1n) is 9.99. The van der Waals surface area contributed by atoms with Gasteiger partial charge in [0.1, 0.15) is 0 Å². The van der Waals surface area contributed by atoms with Crippen LogP contribution in [-0.4, -0.2) is 35.3 Å². The largest absolute Gasteiger partial charge is 0.332 e. The number of fused-ring (bicyclic) bond motifs is 1. The van der Waals surface area contributed by atoms with Crippen LogP contribution >= 0.6 is 11.3 Å². The molecule has 4 aromatic rings. The van der Waals surface area contributed by atoms with E-state index >= 15 is 0 Å². The Hall–Kier alpha value is -3.51. The Bertz CT molecular complexity index is 1250. The van der Waals surface area contributed by atoms with Crippen molar-refractivity contribution >= 4 is 39.7 Å². The number of nitrogens with zero attached hydrogens (tertiary/aromatic N) is 2. The number of likely N-dealkylation sites (N-methyl/N-ethyl adjacent to an activating group) is 1. The van der Waals surface area contributed by atoms with Crippen molar-refractivity contribution in [3.63, 3.8) is 0 Å². The number of carbonyl (C=O) groups is 2. The lowest BCUT2D eigenvalue weighted by molar-refractivity contribution is -0.116. The summed E-state index contributed by atoms with van der Waals surface area (Å²) in [4.78, 5) is 33.1. The van der Waals surface area contributed by atoms with Gasteiger partial charge in [0.05, 0.1) is 28.2 Å². The fraction of sp³-hybridized carbons (Fsp3) is 0.160. The Morgan fingerprint density at radius 2 is 1.74 bits per heavy atom. The van der Waals surface area contributed by atoms with Crippen molar-refractivity contribution in [3.05, 3.63) is 82.7 Å². The molecule has 0 aliphatic carbocycles. The molecule has 0 saturated heterocycles. The van der Waals surface area contributed by atoms with Gasteiger partial charge in [-0.15, -0.1) is 11.3 Å². The van der Waals surface area contributed by atoms with Crippen LogP contribution in [0.2, 0.25) is 0 Å². The van der Waals surface area contributed by atoms with E-state index in [9.17, 15) is 9.59 Å². The molecule has 6 heteroatoms. The number of anilines is 1. The smallest absolute Gasteiger partial charge is 0.254 e. The van der Waals surface area contributed by atoms with Crippen LogP contribution in [0, 0.1) is 13.8 Å². The zero-order valence-electron chi connectivity index (χ0n) is 17.7. The number of nitrogens with one attached hydrogen (secondary N) is 1. The van der Waals surface area contributed by atoms with Gasteiger partial charge in [-0.1, -0.05) is 42.5 Å². The van der Waals surface area contributed by atoms with E-state index in [4.69, 9.17) is 4.98 Å². The van der Waals surface area contributed by atoms with E-state index in [0.717, 1.165) is 38.3 Å². The van der Waals surface area contributed by atoms with Crippen LogP contribution in [0.15, 0.2) is 66.0 Å². The number of aromatic nitrogens is 1. The number of thiophene rings is 1. The molecule has 2 amide bonds. The first-order valence-corrected chi connectivity index (χ1v) is 10.9. The van der Waals surface area contributed by atoms with Crippen molar-refractivity contribution in [2.75, 3.05) is 18.9 Å². The van der Waals surface area contributed by atoms with Crippen LogP contribution in [0.4, 0.5) is 5.69 Å². The molecule has 0 aliphatic heterocycles. The highest BCUT2D eigenvalue weighted by Gasteiger charge is 2.20. The molecule has 0 fully saturated rings. The van der Waals surface area contributed by atoms with Gasteiger partial charge in [-0.3, -0.25) is 9.59 Å². The Labute approximate surface area is 185 Å². The average Bonchev–Trinajstić information content (AvgIpc) is 3.30. The number of aryl methyl sites for hydroxylation is 2. The SMILES string of the molecule is Cc1cccc(C)c1NC(=O)CN(C)C(=O)c1cc(-c2cccs2)nc2ccccc12. The Balaban J connectivity index is 1.60. The maximum absolute atomic E-state index is 13.3. The Morgan fingerprint density at radius 1 is 1.00 bits per heavy atom. The molecule has 0 saturated carbocycles. The molecule has 0 spiro atoms. The van der Waals surface area contributed by atoms with E-state index in [1.807, 2.05) is 79.9 Å². The molecule has 0 bridgehead atoms. The van der Waals surface area contributed by atoms with Crippen LogP contribution in [0.3, 0.4) is 0 Å². The predicted octanol–water partition coefficient (Wildman–Crippen LogP) is 5.29. The third-order valence-electron chi connectivity index (χ3n) is 5.19. The number of benzene rings is 2. The molecule has 5 nitrogen and oxygen atoms in total. The number of para-hydroxylation sites is 2. The Morgan fingerprint density at radius 3 is 2.45 bits per heavy atom. The van der Waals surface area contributed by atoms with Crippen molar-refractivity contribution in [1.82, 2.24) is 9.88 Å². The average molecular weight is 430 g/mol. The predicted molar refractivity (Wildman–Crippen MR) is 127 cm³/mol. The van der Waals surface area contributed by atoms with Crippen molar-refractivity contribution in [3.8, 4) is 10.6 Å². The maximum Gasteiger partial charge on any atom is 0.254 e. The number of hydrogen-bond donors (Lipinski definition) is 1. The number of carbonyl (C=O) groups excluding carboxylic acids is 2. The van der Waals surface area contributed by atoms with Gasteiger partial charge in [-0.05, 0) is 48.6 Å². The number of pyridine rings is 1. The second kappa shape index (κ2) is 8.70. The van der Waals surface area contributed by atoms with E-state index in [1.54, 1.807) is 18.4 Å². The quantitative estimate of drug-likeness (QED) is 0.469. The molecule has 31 heavy (non-hydrogen) atoms. The fourth-order valence-electron chi connectivity index (χ4n) is 3.59. The number of amides is 2. The van der Waals surface area contributed by atoms with Gasteiger partial charge in [0, 0.05) is 18.1 Å². The third-order valence-corrected chi connectivity index (χ3v) is 6.09. The number of hydrogen-bond acceptors (Lipinski definition) is 4. The third kappa shape index (κ3) is 4.34. The topological polar surface area (TPSA) is 62.3 Å². The monoisotopic (exact) mass is 429 g/mol. The molecule has 156 valence electrons. The minimum Gasteiger partial charge on any atom is -0.332 e. The maximum atomic E-state index is 13.3. The lowest BCUT2D eigenvalue weighted by Crippen LogP contribution is -2.35. The summed E-state index contributed by atoms with van der Waals surface area (Å²) in [7, 11) is 1.65. The summed E-state index contributed by atoms with van der Waals surface area (Å²) in [6.45, 7) is 3.86. The van der Waals surface area contributed by atoms with Gasteiger partial charge < -0.3 is 10.2 Å². The van der Waals surface area contributed by atoms with E-state index in [0.29, 0.717) is 5.56 Å². The molecule has 0 unspecified atom stereocenters. The number of rotatable bonds is 5. The summed E-state index contributed by atoms with van der Waals surface area (Å²) in [5, 5.41) is 5.70. The fourth-order valence-corrected chi connectivity index (χ4v) is 4.27. The lowest BCUT2D eigenvalue weighted by Gasteiger charge is -2.19. The van der Waals surface area contributed by atoms with Gasteiger partial charge in [-0.25, -0.2) is 4.98 Å². The highest BCUT2D eigenvalue weighted by atomic mass is 32.1. The molecule has 1 N–H and O–H groups in total. The van der Waals surface area contributed by atoms with Crippen molar-refractivity contribution in [2.45, 2.75) is 13.8 Å². The lowest BCUT2D eigenvalue weighted by atomic mass is 10.1. The minimum atomic E-state index is -0.231. The van der Waals surface area contributed by atoms with Crippen LogP contribution in [0.25, 0.3) is 21.5 Å². The summed E-state index contributed by atoms with van der Waals surface area (Å²) < 4.78 is 0. The highest BCUT2D eigenvalue weighted by molar-refractivity contribution is 7.13. The molecule has 2 aromatic heterocycles. The second-order valence-electron chi connectivity index (χ2n) is 7.53. The van der Waals surface area contributed by atoms with Crippen LogP contribution < -0.4 is 5.32 Å². The van der Waals surface area contributed by atoms with Gasteiger partial charge in [0.25, 0.3) is 5.91 Å². The van der Waals surface area contributed by atoms with Crippen LogP contribution in [0.1, 0.15) is 21.5 Å². The van der Waals surface area contributed by atoms with Crippen molar-refractivity contribution in [2.24, 2.45) is 0 Å². The van der Waals surface area contributed by atoms with Crippen LogP contribution in [-0.2, 0) is 4.79 Å². The molecule has 0 aliphatic rings.